The minimum Gasteiger partial charge on any atom is -0.375 e. The Bertz CT molecular complexity index is 250. The van der Waals surface area contributed by atoms with Crippen LogP contribution >= 0.6 is 0 Å². The highest BCUT2D eigenvalue weighted by molar-refractivity contribution is 5.79. The highest BCUT2D eigenvalue weighted by Gasteiger charge is 2.29. The van der Waals surface area contributed by atoms with Crippen molar-refractivity contribution in [3.63, 3.8) is 0 Å². The van der Waals surface area contributed by atoms with Gasteiger partial charge < -0.3 is 10.1 Å². The lowest BCUT2D eigenvalue weighted by Gasteiger charge is -2.15. The zero-order valence-electron chi connectivity index (χ0n) is 10.4. The Morgan fingerprint density at radius 3 is 2.81 bits per heavy atom. The molecule has 0 aromatic rings. The van der Waals surface area contributed by atoms with Gasteiger partial charge in [-0.15, -0.1) is 0 Å². The standard InChI is InChI=1S/C13H23NO2/c1-10(2)9-16-8-7-14-13(15)12-6-4-5-11(12)3/h11-12H,1,4-9H2,2-3H3,(H,14,15). The predicted molar refractivity (Wildman–Crippen MR) is 65.1 cm³/mol. The molecule has 0 aromatic carbocycles. The maximum atomic E-state index is 11.8. The summed E-state index contributed by atoms with van der Waals surface area (Å²) in [5, 5.41) is 2.94. The summed E-state index contributed by atoms with van der Waals surface area (Å²) in [7, 11) is 0. The first kappa shape index (κ1) is 13.2. The van der Waals surface area contributed by atoms with Gasteiger partial charge in [-0.1, -0.05) is 25.5 Å². The molecule has 0 bridgehead atoms. The van der Waals surface area contributed by atoms with E-state index in [4.69, 9.17) is 4.74 Å². The molecule has 2 atom stereocenters. The average Bonchev–Trinajstić information content (AvgIpc) is 2.63. The number of amides is 1. The molecular weight excluding hydrogens is 202 g/mol. The van der Waals surface area contributed by atoms with E-state index in [1.54, 1.807) is 0 Å². The maximum Gasteiger partial charge on any atom is 0.223 e. The van der Waals surface area contributed by atoms with Crippen LogP contribution in [-0.2, 0) is 9.53 Å². The van der Waals surface area contributed by atoms with Crippen LogP contribution < -0.4 is 5.32 Å². The lowest BCUT2D eigenvalue weighted by atomic mass is 9.97. The molecule has 92 valence electrons. The van der Waals surface area contributed by atoms with Crippen LogP contribution in [-0.4, -0.2) is 25.7 Å². The SMILES string of the molecule is C=C(C)COCCNC(=O)C1CCCC1C. The normalized spacial score (nSPS) is 24.4. The zero-order valence-corrected chi connectivity index (χ0v) is 10.4. The Balaban J connectivity index is 2.08. The predicted octanol–water partition coefficient (Wildman–Crippen LogP) is 2.13. The molecule has 3 nitrogen and oxygen atoms in total. The van der Waals surface area contributed by atoms with Crippen molar-refractivity contribution >= 4 is 5.91 Å². The molecule has 3 heteroatoms. The topological polar surface area (TPSA) is 38.3 Å². The second-order valence-corrected chi connectivity index (χ2v) is 4.82. The Labute approximate surface area is 98.2 Å². The minimum absolute atomic E-state index is 0.198. The monoisotopic (exact) mass is 225 g/mol. The number of carbonyl (C=O) groups is 1. The van der Waals surface area contributed by atoms with Crippen molar-refractivity contribution in [2.24, 2.45) is 11.8 Å². The molecule has 1 aliphatic carbocycles. The Kier molecular flexibility index (Phi) is 5.53. The number of nitrogens with one attached hydrogen (secondary N) is 1. The van der Waals surface area contributed by atoms with Crippen molar-refractivity contribution in [1.82, 2.24) is 5.32 Å². The smallest absolute Gasteiger partial charge is 0.223 e. The molecule has 1 amide bonds. The first-order valence-electron chi connectivity index (χ1n) is 6.11. The summed E-state index contributed by atoms with van der Waals surface area (Å²) in [5.41, 5.74) is 1.01. The van der Waals surface area contributed by atoms with Gasteiger partial charge in [0.1, 0.15) is 0 Å². The fraction of sp³-hybridized carbons (Fsp3) is 0.769. The molecule has 1 rings (SSSR count). The Morgan fingerprint density at radius 1 is 1.50 bits per heavy atom. The van der Waals surface area contributed by atoms with Crippen LogP contribution in [0, 0.1) is 11.8 Å². The minimum atomic E-state index is 0.198. The van der Waals surface area contributed by atoms with Gasteiger partial charge in [0, 0.05) is 12.5 Å². The van der Waals surface area contributed by atoms with Gasteiger partial charge in [-0.25, -0.2) is 0 Å². The molecule has 2 unspecified atom stereocenters. The van der Waals surface area contributed by atoms with E-state index < -0.39 is 0 Å². The third-order valence-corrected chi connectivity index (χ3v) is 3.09. The third kappa shape index (κ3) is 4.35. The molecule has 1 aliphatic rings. The van der Waals surface area contributed by atoms with E-state index in [1.807, 2.05) is 6.92 Å². The fourth-order valence-corrected chi connectivity index (χ4v) is 2.16. The van der Waals surface area contributed by atoms with Crippen LogP contribution in [0.5, 0.6) is 0 Å². The van der Waals surface area contributed by atoms with Crippen LogP contribution in [0.4, 0.5) is 0 Å². The van der Waals surface area contributed by atoms with Gasteiger partial charge in [0.15, 0.2) is 0 Å². The van der Waals surface area contributed by atoms with Crippen LogP contribution in [0.2, 0.25) is 0 Å². The van der Waals surface area contributed by atoms with Crippen LogP contribution in [0.15, 0.2) is 12.2 Å². The number of rotatable bonds is 6. The molecule has 1 fully saturated rings. The zero-order chi connectivity index (χ0) is 12.0. The Hall–Kier alpha value is -0.830. The summed E-state index contributed by atoms with van der Waals surface area (Å²) in [4.78, 5) is 11.8. The number of hydrogen-bond acceptors (Lipinski definition) is 2. The molecule has 16 heavy (non-hydrogen) atoms. The van der Waals surface area contributed by atoms with Crippen molar-refractivity contribution in [1.29, 1.82) is 0 Å². The van der Waals surface area contributed by atoms with Gasteiger partial charge >= 0.3 is 0 Å². The first-order chi connectivity index (χ1) is 7.61. The van der Waals surface area contributed by atoms with Gasteiger partial charge in [0.2, 0.25) is 5.91 Å². The molecule has 0 aliphatic heterocycles. The van der Waals surface area contributed by atoms with E-state index in [1.165, 1.54) is 12.8 Å². The molecule has 0 aromatic heterocycles. The van der Waals surface area contributed by atoms with Gasteiger partial charge in [-0.2, -0.15) is 0 Å². The second kappa shape index (κ2) is 6.69. The summed E-state index contributed by atoms with van der Waals surface area (Å²) >= 11 is 0. The largest absolute Gasteiger partial charge is 0.375 e. The quantitative estimate of drug-likeness (QED) is 0.555. The van der Waals surface area contributed by atoms with E-state index in [2.05, 4.69) is 18.8 Å². The van der Waals surface area contributed by atoms with Crippen molar-refractivity contribution < 1.29 is 9.53 Å². The van der Waals surface area contributed by atoms with E-state index in [9.17, 15) is 4.79 Å². The number of hydrogen-bond donors (Lipinski definition) is 1. The summed E-state index contributed by atoms with van der Waals surface area (Å²) in [5.74, 6) is 0.960. The molecule has 1 saturated carbocycles. The van der Waals surface area contributed by atoms with Crippen LogP contribution in [0.3, 0.4) is 0 Å². The van der Waals surface area contributed by atoms with Gasteiger partial charge in [-0.3, -0.25) is 4.79 Å². The Morgan fingerprint density at radius 2 is 2.25 bits per heavy atom. The average molecular weight is 225 g/mol. The highest BCUT2D eigenvalue weighted by Crippen LogP contribution is 2.30. The van der Waals surface area contributed by atoms with E-state index in [-0.39, 0.29) is 11.8 Å². The molecular formula is C13H23NO2. The lowest BCUT2D eigenvalue weighted by molar-refractivity contribution is -0.126. The maximum absolute atomic E-state index is 11.8. The van der Waals surface area contributed by atoms with Crippen LogP contribution in [0.1, 0.15) is 33.1 Å². The summed E-state index contributed by atoms with van der Waals surface area (Å²) < 4.78 is 5.32. The van der Waals surface area contributed by atoms with Crippen molar-refractivity contribution in [2.75, 3.05) is 19.8 Å². The first-order valence-corrected chi connectivity index (χ1v) is 6.11. The molecule has 0 saturated heterocycles. The van der Waals surface area contributed by atoms with Gasteiger partial charge in [0.05, 0.1) is 13.2 Å². The summed E-state index contributed by atoms with van der Waals surface area (Å²) in [6, 6.07) is 0. The second-order valence-electron chi connectivity index (χ2n) is 4.82. The van der Waals surface area contributed by atoms with E-state index in [0.29, 0.717) is 25.7 Å². The van der Waals surface area contributed by atoms with Crippen molar-refractivity contribution in [2.45, 2.75) is 33.1 Å². The molecule has 0 radical (unpaired) electrons. The number of carbonyl (C=O) groups excluding carboxylic acids is 1. The summed E-state index contributed by atoms with van der Waals surface area (Å²) in [6.45, 7) is 9.59. The number of ether oxygens (including phenoxy) is 1. The lowest BCUT2D eigenvalue weighted by Crippen LogP contribution is -2.34. The van der Waals surface area contributed by atoms with Crippen LogP contribution in [0.25, 0.3) is 0 Å². The van der Waals surface area contributed by atoms with Crippen molar-refractivity contribution in [3.05, 3.63) is 12.2 Å². The molecule has 1 N–H and O–H groups in total. The highest BCUT2D eigenvalue weighted by atomic mass is 16.5. The molecule has 0 spiro atoms. The van der Waals surface area contributed by atoms with Crippen molar-refractivity contribution in [3.8, 4) is 0 Å². The van der Waals surface area contributed by atoms with E-state index >= 15 is 0 Å². The summed E-state index contributed by atoms with van der Waals surface area (Å²) in [6.07, 6.45) is 3.41. The van der Waals surface area contributed by atoms with Gasteiger partial charge in [-0.05, 0) is 25.7 Å². The fourth-order valence-electron chi connectivity index (χ4n) is 2.16. The van der Waals surface area contributed by atoms with Gasteiger partial charge in [0.25, 0.3) is 0 Å². The third-order valence-electron chi connectivity index (χ3n) is 3.09. The van der Waals surface area contributed by atoms with E-state index in [0.717, 1.165) is 12.0 Å². The molecule has 0 heterocycles.